The van der Waals surface area contributed by atoms with Gasteiger partial charge in [0, 0.05) is 53.3 Å². The summed E-state index contributed by atoms with van der Waals surface area (Å²) in [6.07, 6.45) is 3.66. The topological polar surface area (TPSA) is 110 Å². The number of benzene rings is 2. The van der Waals surface area contributed by atoms with Crippen LogP contribution in [0.2, 0.25) is 0 Å². The van der Waals surface area contributed by atoms with E-state index in [1.807, 2.05) is 52.8 Å². The molecule has 0 spiro atoms. The number of hydrogen-bond donors (Lipinski definition) is 1. The number of aliphatic hydroxyl groups is 1. The lowest BCUT2D eigenvalue weighted by molar-refractivity contribution is -0.177. The van der Waals surface area contributed by atoms with Gasteiger partial charge in [-0.2, -0.15) is 0 Å². The first kappa shape index (κ1) is 48.1. The Bertz CT molecular complexity index is 1620. The second kappa shape index (κ2) is 21.1. The van der Waals surface area contributed by atoms with Gasteiger partial charge in [0.1, 0.15) is 17.5 Å². The highest BCUT2D eigenvalue weighted by Gasteiger charge is 2.63. The van der Waals surface area contributed by atoms with Crippen molar-refractivity contribution < 1.29 is 43.1 Å². The molecule has 0 aromatic heterocycles. The number of hydrogen-bond acceptors (Lipinski definition) is 9. The highest BCUT2D eigenvalue weighted by atomic mass is 16.5. The molecule has 1 fully saturated rings. The maximum absolute atomic E-state index is 12.0. The van der Waals surface area contributed by atoms with Crippen molar-refractivity contribution in [3.05, 3.63) is 76.4 Å². The summed E-state index contributed by atoms with van der Waals surface area (Å²) in [5.74, 6) is 0.721. The minimum atomic E-state index is -1.08. The fourth-order valence-electron chi connectivity index (χ4n) is 8.51. The number of carbonyl (C=O) groups is 2. The van der Waals surface area contributed by atoms with E-state index in [2.05, 4.69) is 78.8 Å². The predicted molar refractivity (Wildman–Crippen MR) is 227 cm³/mol. The molecule has 1 N–H and O–H groups in total. The third-order valence-corrected chi connectivity index (χ3v) is 11.2. The molecular formula is C48H74O9. The molecule has 0 saturated carbocycles. The first-order valence-corrected chi connectivity index (χ1v) is 21.0. The van der Waals surface area contributed by atoms with E-state index in [1.54, 1.807) is 0 Å². The molecule has 2 heterocycles. The number of esters is 2. The van der Waals surface area contributed by atoms with Gasteiger partial charge in [0.05, 0.1) is 39.6 Å². The summed E-state index contributed by atoms with van der Waals surface area (Å²) in [7, 11) is 0. The Hall–Kier alpha value is -3.24. The number of carbonyl (C=O) groups excluding carboxylic acids is 2. The van der Waals surface area contributed by atoms with Gasteiger partial charge >= 0.3 is 11.9 Å². The largest absolute Gasteiger partial charge is 0.492 e. The fraction of sp³-hybridized carbons (Fsp3) is 0.667. The second-order valence-electron chi connectivity index (χ2n) is 18.4. The van der Waals surface area contributed by atoms with Crippen molar-refractivity contribution in [2.75, 3.05) is 52.9 Å². The lowest BCUT2D eigenvalue weighted by atomic mass is 9.59. The van der Waals surface area contributed by atoms with Gasteiger partial charge in [-0.3, -0.25) is 9.59 Å². The quantitative estimate of drug-likeness (QED) is 0.103. The van der Waals surface area contributed by atoms with E-state index in [1.165, 1.54) is 11.1 Å². The molecule has 9 heteroatoms. The fourth-order valence-corrected chi connectivity index (χ4v) is 8.51. The molecule has 320 valence electrons. The van der Waals surface area contributed by atoms with Crippen LogP contribution in [0.15, 0.2) is 54.1 Å². The van der Waals surface area contributed by atoms with Gasteiger partial charge in [0.2, 0.25) is 0 Å². The molecule has 1 saturated heterocycles. The Balaban J connectivity index is 0.000000306. The third-order valence-electron chi connectivity index (χ3n) is 11.2. The minimum Gasteiger partial charge on any atom is -0.492 e. The predicted octanol–water partition coefficient (Wildman–Crippen LogP) is 10.1. The van der Waals surface area contributed by atoms with Gasteiger partial charge in [-0.1, -0.05) is 109 Å². The maximum atomic E-state index is 12.0. The lowest BCUT2D eigenvalue weighted by Crippen LogP contribution is -2.57. The molecule has 0 amide bonds. The zero-order valence-corrected chi connectivity index (χ0v) is 37.3. The molecule has 0 radical (unpaired) electrons. The summed E-state index contributed by atoms with van der Waals surface area (Å²) in [6.45, 7) is 29.2. The van der Waals surface area contributed by atoms with E-state index < -0.39 is 22.5 Å². The Kier molecular flexibility index (Phi) is 17.9. The van der Waals surface area contributed by atoms with Crippen molar-refractivity contribution in [1.82, 2.24) is 0 Å². The average Bonchev–Trinajstić information content (AvgIpc) is 3.60. The molecule has 4 rings (SSSR count). The monoisotopic (exact) mass is 795 g/mol. The molecule has 9 nitrogen and oxygen atoms in total. The lowest BCUT2D eigenvalue weighted by Gasteiger charge is -2.49. The van der Waals surface area contributed by atoms with Gasteiger partial charge in [0.25, 0.3) is 0 Å². The van der Waals surface area contributed by atoms with E-state index >= 15 is 0 Å². The molecule has 0 aliphatic carbocycles. The molecule has 2 aromatic carbocycles. The van der Waals surface area contributed by atoms with Crippen LogP contribution in [0.4, 0.5) is 0 Å². The summed E-state index contributed by atoms with van der Waals surface area (Å²) in [5.41, 5.74) is 3.64. The second-order valence-corrected chi connectivity index (χ2v) is 18.4. The Labute approximate surface area is 344 Å². The van der Waals surface area contributed by atoms with Gasteiger partial charge in [-0.05, 0) is 70.6 Å². The standard InChI is InChI=1S/C24H38O5.C24H36O4/c1-7-28-20(25)13-8-9-14-27-16-22(3,4)24(26)21(29-17-23(24,5)6)19-12-10-11-18(2)15-19;1-7-27-20(25)13-8-9-14-26-16-23(3,4)22-21(28-17-24(22,5)6)19-12-10-11-18(2)15-19/h10-12,15,21,26H,7-9,13-14,16-17H2,1-6H3;10-12,15H,7-9,13-14,16-17H2,1-6H3. The van der Waals surface area contributed by atoms with Crippen molar-refractivity contribution in [2.45, 2.75) is 133 Å². The first-order valence-electron chi connectivity index (χ1n) is 21.0. The van der Waals surface area contributed by atoms with Crippen molar-refractivity contribution in [1.29, 1.82) is 0 Å². The van der Waals surface area contributed by atoms with Crippen LogP contribution in [0.1, 0.15) is 136 Å². The normalized spacial score (nSPS) is 20.1. The van der Waals surface area contributed by atoms with Gasteiger partial charge in [-0.25, -0.2) is 0 Å². The summed E-state index contributed by atoms with van der Waals surface area (Å²) in [4.78, 5) is 22.8. The van der Waals surface area contributed by atoms with Crippen molar-refractivity contribution in [3.63, 3.8) is 0 Å². The highest BCUT2D eigenvalue weighted by Crippen LogP contribution is 2.58. The zero-order chi connectivity index (χ0) is 42.5. The van der Waals surface area contributed by atoms with Crippen LogP contribution in [0.5, 0.6) is 0 Å². The molecule has 2 aliphatic heterocycles. The van der Waals surface area contributed by atoms with Crippen LogP contribution in [0.3, 0.4) is 0 Å². The molecular weight excluding hydrogens is 721 g/mol. The zero-order valence-electron chi connectivity index (χ0n) is 37.3. The Morgan fingerprint density at radius 2 is 1.32 bits per heavy atom. The van der Waals surface area contributed by atoms with E-state index in [9.17, 15) is 14.7 Å². The van der Waals surface area contributed by atoms with Gasteiger partial charge in [0.15, 0.2) is 0 Å². The minimum absolute atomic E-state index is 0.0319. The van der Waals surface area contributed by atoms with Gasteiger partial charge < -0.3 is 33.5 Å². The molecule has 2 aliphatic rings. The Morgan fingerprint density at radius 3 is 1.86 bits per heavy atom. The smallest absolute Gasteiger partial charge is 0.305 e. The van der Waals surface area contributed by atoms with Gasteiger partial charge in [-0.15, -0.1) is 0 Å². The summed E-state index contributed by atoms with van der Waals surface area (Å²) < 4.78 is 34.2. The van der Waals surface area contributed by atoms with E-state index in [4.69, 9.17) is 28.4 Å². The van der Waals surface area contributed by atoms with Crippen molar-refractivity contribution in [2.24, 2.45) is 21.7 Å². The molecule has 2 aromatic rings. The van der Waals surface area contributed by atoms with E-state index in [-0.39, 0.29) is 22.8 Å². The molecule has 2 unspecified atom stereocenters. The first-order chi connectivity index (χ1) is 26.7. The van der Waals surface area contributed by atoms with Crippen molar-refractivity contribution >= 4 is 17.7 Å². The van der Waals surface area contributed by atoms with Crippen LogP contribution in [-0.4, -0.2) is 75.5 Å². The average molecular weight is 795 g/mol. The molecule has 2 atom stereocenters. The van der Waals surface area contributed by atoms with E-state index in [0.29, 0.717) is 65.7 Å². The van der Waals surface area contributed by atoms with Crippen LogP contribution >= 0.6 is 0 Å². The van der Waals surface area contributed by atoms with Crippen LogP contribution in [0, 0.1) is 35.5 Å². The summed E-state index contributed by atoms with van der Waals surface area (Å²) >= 11 is 0. The number of unbranched alkanes of at least 4 members (excludes halogenated alkanes) is 2. The van der Waals surface area contributed by atoms with Crippen molar-refractivity contribution in [3.8, 4) is 0 Å². The van der Waals surface area contributed by atoms with E-state index in [0.717, 1.165) is 48.1 Å². The highest BCUT2D eigenvalue weighted by molar-refractivity contribution is 5.69. The molecule has 0 bridgehead atoms. The maximum Gasteiger partial charge on any atom is 0.305 e. The van der Waals surface area contributed by atoms with Crippen LogP contribution in [-0.2, 0) is 38.0 Å². The number of aryl methyl sites for hydroxylation is 2. The number of rotatable bonds is 20. The van der Waals surface area contributed by atoms with Crippen LogP contribution in [0.25, 0.3) is 5.76 Å². The molecule has 57 heavy (non-hydrogen) atoms. The number of ether oxygens (including phenoxy) is 6. The van der Waals surface area contributed by atoms with Crippen LogP contribution < -0.4 is 0 Å². The summed E-state index contributed by atoms with van der Waals surface area (Å²) in [5, 5.41) is 12.0. The third kappa shape index (κ3) is 12.9. The summed E-state index contributed by atoms with van der Waals surface area (Å²) in [6, 6.07) is 16.7. The Morgan fingerprint density at radius 1 is 0.772 bits per heavy atom. The SMILES string of the molecule is CCOC(=O)CCCCOCC(C)(C)C1(O)C(c2cccc(C)c2)OCC1(C)C.CCOC(=O)CCCCOCC(C)(C)C1=C(c2cccc(C)c2)OCC1(C)C.